The molecular weight excluding hydrogens is 136 g/mol. The second kappa shape index (κ2) is 3.38. The van der Waals surface area contributed by atoms with Gasteiger partial charge in [0.15, 0.2) is 0 Å². The van der Waals surface area contributed by atoms with Gasteiger partial charge >= 0.3 is 0 Å². The van der Waals surface area contributed by atoms with E-state index in [1.54, 1.807) is 0 Å². The molecular formula is C10H18O. The Morgan fingerprint density at radius 3 is 2.64 bits per heavy atom. The van der Waals surface area contributed by atoms with Crippen LogP contribution in [-0.2, 0) is 4.79 Å². The van der Waals surface area contributed by atoms with E-state index in [-0.39, 0.29) is 5.41 Å². The molecule has 0 amide bonds. The summed E-state index contributed by atoms with van der Waals surface area (Å²) in [7, 11) is 0. The van der Waals surface area contributed by atoms with E-state index in [1.165, 1.54) is 19.3 Å². The van der Waals surface area contributed by atoms with Gasteiger partial charge in [-0.3, -0.25) is 4.79 Å². The van der Waals surface area contributed by atoms with E-state index in [1.807, 2.05) is 0 Å². The summed E-state index contributed by atoms with van der Waals surface area (Å²) in [5.41, 5.74) is 0.275. The van der Waals surface area contributed by atoms with Crippen molar-refractivity contribution in [3.8, 4) is 0 Å². The highest BCUT2D eigenvalue weighted by Crippen LogP contribution is 2.30. The third-order valence-electron chi connectivity index (χ3n) is 2.48. The Hall–Kier alpha value is -0.330. The molecule has 0 atom stereocenters. The highest BCUT2D eigenvalue weighted by Gasteiger charge is 2.22. The number of Topliss-reactive ketones (excluding diaryl/α,β-unsaturated/α-hetero) is 1. The molecule has 0 bridgehead atoms. The third-order valence-corrected chi connectivity index (χ3v) is 2.48. The van der Waals surface area contributed by atoms with Crippen LogP contribution in [0.15, 0.2) is 0 Å². The van der Waals surface area contributed by atoms with Crippen molar-refractivity contribution in [2.45, 2.75) is 52.4 Å². The fourth-order valence-corrected chi connectivity index (χ4v) is 1.81. The molecule has 0 radical (unpaired) electrons. The zero-order chi connectivity index (χ0) is 8.32. The van der Waals surface area contributed by atoms with Crippen LogP contribution in [0.3, 0.4) is 0 Å². The molecule has 0 aromatic carbocycles. The van der Waals surface area contributed by atoms with Gasteiger partial charge in [0, 0.05) is 12.8 Å². The zero-order valence-electron chi connectivity index (χ0n) is 7.65. The summed E-state index contributed by atoms with van der Waals surface area (Å²) in [6.07, 6.45) is 6.51. The first-order valence-corrected chi connectivity index (χ1v) is 4.62. The first-order valence-electron chi connectivity index (χ1n) is 4.62. The van der Waals surface area contributed by atoms with E-state index in [2.05, 4.69) is 13.8 Å². The first kappa shape index (κ1) is 8.76. The Morgan fingerprint density at radius 1 is 1.18 bits per heavy atom. The number of rotatable bonds is 0. The summed E-state index contributed by atoms with van der Waals surface area (Å²) in [4.78, 5) is 11.3. The number of ketones is 1. The molecule has 0 unspecified atom stereocenters. The van der Waals surface area contributed by atoms with Gasteiger partial charge in [0.2, 0.25) is 0 Å². The molecule has 0 saturated heterocycles. The lowest BCUT2D eigenvalue weighted by Crippen LogP contribution is -2.18. The standard InChI is InChI=1S/C10H18O/c1-10(2)7-5-3-4-6-9(11)8-10/h3-8H2,1-2H3. The van der Waals surface area contributed by atoms with Crippen LogP contribution in [0.25, 0.3) is 0 Å². The molecule has 0 aromatic rings. The number of carbonyl (C=O) groups excluding carboxylic acids is 1. The van der Waals surface area contributed by atoms with Crippen LogP contribution < -0.4 is 0 Å². The number of hydrogen-bond donors (Lipinski definition) is 0. The zero-order valence-corrected chi connectivity index (χ0v) is 7.65. The summed E-state index contributed by atoms with van der Waals surface area (Å²) in [6.45, 7) is 4.41. The highest BCUT2D eigenvalue weighted by molar-refractivity contribution is 5.79. The van der Waals surface area contributed by atoms with E-state index >= 15 is 0 Å². The van der Waals surface area contributed by atoms with Crippen LogP contribution in [0.1, 0.15) is 52.4 Å². The van der Waals surface area contributed by atoms with Crippen LogP contribution in [0.4, 0.5) is 0 Å². The normalized spacial score (nSPS) is 25.8. The summed E-state index contributed by atoms with van der Waals surface area (Å²) < 4.78 is 0. The first-order chi connectivity index (χ1) is 5.10. The van der Waals surface area contributed by atoms with Gasteiger partial charge in [-0.1, -0.05) is 26.7 Å². The second-order valence-corrected chi connectivity index (χ2v) is 4.44. The average Bonchev–Trinajstić information content (AvgIpc) is 1.82. The lowest BCUT2D eigenvalue weighted by molar-refractivity contribution is -0.121. The second-order valence-electron chi connectivity index (χ2n) is 4.44. The minimum Gasteiger partial charge on any atom is -0.300 e. The molecule has 0 aromatic heterocycles. The fourth-order valence-electron chi connectivity index (χ4n) is 1.81. The van der Waals surface area contributed by atoms with Gasteiger partial charge in [-0.05, 0) is 18.3 Å². The highest BCUT2D eigenvalue weighted by atomic mass is 16.1. The SMILES string of the molecule is CC1(C)CCCCCC(=O)C1. The molecule has 1 fully saturated rings. The van der Waals surface area contributed by atoms with Crippen molar-refractivity contribution in [3.63, 3.8) is 0 Å². The lowest BCUT2D eigenvalue weighted by atomic mass is 9.79. The van der Waals surface area contributed by atoms with Crippen LogP contribution in [0.5, 0.6) is 0 Å². The van der Waals surface area contributed by atoms with Gasteiger partial charge in [-0.25, -0.2) is 0 Å². The quantitative estimate of drug-likeness (QED) is 0.524. The van der Waals surface area contributed by atoms with Crippen molar-refractivity contribution in [2.24, 2.45) is 5.41 Å². The predicted octanol–water partition coefficient (Wildman–Crippen LogP) is 2.94. The predicted molar refractivity (Wildman–Crippen MR) is 46.5 cm³/mol. The molecule has 1 saturated carbocycles. The van der Waals surface area contributed by atoms with E-state index in [4.69, 9.17) is 0 Å². The third kappa shape index (κ3) is 3.04. The van der Waals surface area contributed by atoms with E-state index in [9.17, 15) is 4.79 Å². The maximum Gasteiger partial charge on any atom is 0.133 e. The molecule has 1 aliphatic rings. The Labute approximate surface area is 69.2 Å². The Bertz CT molecular complexity index is 147. The van der Waals surface area contributed by atoms with Gasteiger partial charge in [-0.15, -0.1) is 0 Å². The molecule has 1 heteroatoms. The molecule has 0 heterocycles. The fraction of sp³-hybridized carbons (Fsp3) is 0.900. The van der Waals surface area contributed by atoms with Crippen molar-refractivity contribution in [1.29, 1.82) is 0 Å². The van der Waals surface area contributed by atoms with E-state index < -0.39 is 0 Å². The van der Waals surface area contributed by atoms with Gasteiger partial charge in [-0.2, -0.15) is 0 Å². The minimum atomic E-state index is 0.275. The van der Waals surface area contributed by atoms with Crippen molar-refractivity contribution in [3.05, 3.63) is 0 Å². The van der Waals surface area contributed by atoms with Crippen molar-refractivity contribution >= 4 is 5.78 Å². The van der Waals surface area contributed by atoms with Crippen LogP contribution in [0.2, 0.25) is 0 Å². The summed E-state index contributed by atoms with van der Waals surface area (Å²) in [5.74, 6) is 0.467. The molecule has 11 heavy (non-hydrogen) atoms. The lowest BCUT2D eigenvalue weighted by Gasteiger charge is -2.25. The Balaban J connectivity index is 2.49. The van der Waals surface area contributed by atoms with E-state index in [0.717, 1.165) is 19.3 Å². The van der Waals surface area contributed by atoms with Crippen LogP contribution in [-0.4, -0.2) is 5.78 Å². The number of hydrogen-bond acceptors (Lipinski definition) is 1. The molecule has 0 aliphatic heterocycles. The van der Waals surface area contributed by atoms with Crippen molar-refractivity contribution in [2.75, 3.05) is 0 Å². The molecule has 0 spiro atoms. The molecule has 0 N–H and O–H groups in total. The average molecular weight is 154 g/mol. The summed E-state index contributed by atoms with van der Waals surface area (Å²) in [5, 5.41) is 0. The van der Waals surface area contributed by atoms with Crippen LogP contribution >= 0.6 is 0 Å². The smallest absolute Gasteiger partial charge is 0.133 e. The summed E-state index contributed by atoms with van der Waals surface area (Å²) in [6, 6.07) is 0. The topological polar surface area (TPSA) is 17.1 Å². The van der Waals surface area contributed by atoms with Crippen LogP contribution in [0, 0.1) is 5.41 Å². The summed E-state index contributed by atoms with van der Waals surface area (Å²) >= 11 is 0. The maximum atomic E-state index is 11.3. The maximum absolute atomic E-state index is 11.3. The molecule has 1 rings (SSSR count). The largest absolute Gasteiger partial charge is 0.300 e. The van der Waals surface area contributed by atoms with Gasteiger partial charge in [0.1, 0.15) is 5.78 Å². The van der Waals surface area contributed by atoms with E-state index in [0.29, 0.717) is 5.78 Å². The molecule has 1 nitrogen and oxygen atoms in total. The van der Waals surface area contributed by atoms with Crippen molar-refractivity contribution in [1.82, 2.24) is 0 Å². The van der Waals surface area contributed by atoms with Crippen molar-refractivity contribution < 1.29 is 4.79 Å². The Kier molecular flexibility index (Phi) is 2.69. The monoisotopic (exact) mass is 154 g/mol. The van der Waals surface area contributed by atoms with Gasteiger partial charge in [0.05, 0.1) is 0 Å². The van der Waals surface area contributed by atoms with Gasteiger partial charge < -0.3 is 0 Å². The van der Waals surface area contributed by atoms with Gasteiger partial charge in [0.25, 0.3) is 0 Å². The minimum absolute atomic E-state index is 0.275. The molecule has 64 valence electrons. The Morgan fingerprint density at radius 2 is 1.91 bits per heavy atom. The molecule has 1 aliphatic carbocycles. The number of carbonyl (C=O) groups is 1.